The van der Waals surface area contributed by atoms with Gasteiger partial charge in [0.25, 0.3) is 5.56 Å². The minimum atomic E-state index is -1.16. The lowest BCUT2D eigenvalue weighted by Gasteiger charge is -2.32. The van der Waals surface area contributed by atoms with Crippen LogP contribution in [0.25, 0.3) is 22.4 Å². The van der Waals surface area contributed by atoms with Gasteiger partial charge in [0, 0.05) is 19.8 Å². The third kappa shape index (κ3) is 6.27. The first-order valence-corrected chi connectivity index (χ1v) is 14.1. The van der Waals surface area contributed by atoms with Gasteiger partial charge < -0.3 is 15.3 Å². The number of aromatic nitrogens is 5. The first kappa shape index (κ1) is 29.2. The third-order valence-electron chi connectivity index (χ3n) is 7.62. The molecule has 1 aromatic carbocycles. The summed E-state index contributed by atoms with van der Waals surface area (Å²) in [5.74, 6) is 0.883. The van der Waals surface area contributed by atoms with Crippen molar-refractivity contribution in [2.75, 3.05) is 39.0 Å². The Labute approximate surface area is 244 Å². The zero-order chi connectivity index (χ0) is 30.0. The second kappa shape index (κ2) is 11.9. The fourth-order valence-corrected chi connectivity index (χ4v) is 5.19. The van der Waals surface area contributed by atoms with Gasteiger partial charge in [0.15, 0.2) is 5.65 Å². The quantitative estimate of drug-likeness (QED) is 0.260. The maximum absolute atomic E-state index is 13.2. The number of H-pyrrole nitrogens is 1. The van der Waals surface area contributed by atoms with Gasteiger partial charge in [0.05, 0.1) is 24.5 Å². The molecule has 0 atom stereocenters. The number of likely N-dealkylation sites (N-methyl/N-ethyl adjacent to an activating group) is 1. The largest absolute Gasteiger partial charge is 0.384 e. The van der Waals surface area contributed by atoms with Gasteiger partial charge >= 0.3 is 0 Å². The van der Waals surface area contributed by atoms with Gasteiger partial charge in [-0.3, -0.25) is 19.6 Å². The number of aromatic amines is 1. The number of carbonyl (C=O) groups is 1. The van der Waals surface area contributed by atoms with Crippen LogP contribution in [0.1, 0.15) is 43.9 Å². The molecule has 3 aromatic heterocycles. The number of hydrogen-bond acceptors (Lipinski definition) is 8. The molecule has 5 rings (SSSR count). The highest BCUT2D eigenvalue weighted by molar-refractivity contribution is 5.90. The van der Waals surface area contributed by atoms with Crippen molar-refractivity contribution in [2.24, 2.45) is 0 Å². The fourth-order valence-electron chi connectivity index (χ4n) is 5.19. The Bertz CT molecular complexity index is 1640. The highest BCUT2D eigenvalue weighted by Crippen LogP contribution is 2.30. The second-order valence-electron chi connectivity index (χ2n) is 11.5. The summed E-state index contributed by atoms with van der Waals surface area (Å²) in [6.07, 6.45) is 3.63. The lowest BCUT2D eigenvalue weighted by Crippen LogP contribution is -2.40. The van der Waals surface area contributed by atoms with Crippen molar-refractivity contribution in [2.45, 2.75) is 44.8 Å². The van der Waals surface area contributed by atoms with Gasteiger partial charge in [0.2, 0.25) is 11.9 Å². The Balaban J connectivity index is 1.39. The van der Waals surface area contributed by atoms with E-state index >= 15 is 0 Å². The molecule has 0 radical (unpaired) electrons. The Hall–Kier alpha value is -4.35. The number of likely N-dealkylation sites (tertiary alicyclic amines) is 1. The van der Waals surface area contributed by atoms with Crippen LogP contribution in [0.2, 0.25) is 0 Å². The first-order chi connectivity index (χ1) is 20.0. The van der Waals surface area contributed by atoms with Crippen molar-refractivity contribution in [3.05, 3.63) is 76.7 Å². The van der Waals surface area contributed by atoms with Gasteiger partial charge in [-0.15, -0.1) is 6.58 Å². The number of pyridine rings is 1. The Morgan fingerprint density at radius 2 is 1.86 bits per heavy atom. The highest BCUT2D eigenvalue weighted by Gasteiger charge is 2.24. The summed E-state index contributed by atoms with van der Waals surface area (Å²) in [5.41, 5.74) is 2.30. The number of hydrogen-bond donors (Lipinski definition) is 3. The number of anilines is 2. The van der Waals surface area contributed by atoms with Gasteiger partial charge in [-0.25, -0.2) is 14.6 Å². The summed E-state index contributed by atoms with van der Waals surface area (Å²) in [5, 5.41) is 17.2. The Morgan fingerprint density at radius 1 is 1.14 bits per heavy atom. The first-order valence-electron chi connectivity index (χ1n) is 14.1. The van der Waals surface area contributed by atoms with Gasteiger partial charge in [-0.05, 0) is 75.5 Å². The number of nitrogens with zero attached hydrogens (tertiary/aromatic N) is 6. The molecule has 0 spiro atoms. The maximum atomic E-state index is 13.2. The van der Waals surface area contributed by atoms with Gasteiger partial charge in [-0.1, -0.05) is 24.3 Å². The minimum absolute atomic E-state index is 0.134. The number of amides is 1. The average molecular weight is 571 g/mol. The molecular formula is C31H38N8O3. The molecule has 1 amide bonds. The molecule has 1 aliphatic rings. The normalized spacial score (nSPS) is 14.7. The SMILES string of the molecule is C=CCn1[nH]c2nc(Nc3ccc(C4CCN(CC(=O)N(C)C)CC4)cc3)nc(-c3cccc(C(C)(C)O)n3)c2c1=O. The molecule has 42 heavy (non-hydrogen) atoms. The summed E-state index contributed by atoms with van der Waals surface area (Å²) in [6.45, 7) is 9.61. The van der Waals surface area contributed by atoms with E-state index in [1.54, 1.807) is 57.1 Å². The number of allylic oxidation sites excluding steroid dienone is 1. The topological polar surface area (TPSA) is 132 Å². The van der Waals surface area contributed by atoms with E-state index in [1.165, 1.54) is 10.2 Å². The van der Waals surface area contributed by atoms with E-state index in [4.69, 9.17) is 4.98 Å². The zero-order valence-corrected chi connectivity index (χ0v) is 24.6. The number of nitrogens with one attached hydrogen (secondary N) is 2. The molecule has 4 aromatic rings. The molecule has 0 saturated carbocycles. The maximum Gasteiger partial charge on any atom is 0.278 e. The van der Waals surface area contributed by atoms with Crippen molar-refractivity contribution in [1.82, 2.24) is 34.5 Å². The molecule has 220 valence electrons. The highest BCUT2D eigenvalue weighted by atomic mass is 16.3. The summed E-state index contributed by atoms with van der Waals surface area (Å²) >= 11 is 0. The molecule has 1 aliphatic heterocycles. The predicted molar refractivity (Wildman–Crippen MR) is 164 cm³/mol. The van der Waals surface area contributed by atoms with Crippen LogP contribution in [0.5, 0.6) is 0 Å². The van der Waals surface area contributed by atoms with E-state index in [1.807, 2.05) is 12.1 Å². The second-order valence-corrected chi connectivity index (χ2v) is 11.5. The average Bonchev–Trinajstić information content (AvgIpc) is 3.28. The van der Waals surface area contributed by atoms with E-state index in [9.17, 15) is 14.7 Å². The number of fused-ring (bicyclic) bond motifs is 1. The van der Waals surface area contributed by atoms with Crippen LogP contribution < -0.4 is 10.9 Å². The van der Waals surface area contributed by atoms with Gasteiger partial charge in [0.1, 0.15) is 16.7 Å². The molecule has 3 N–H and O–H groups in total. The van der Waals surface area contributed by atoms with Crippen molar-refractivity contribution in [3.8, 4) is 11.4 Å². The number of carbonyl (C=O) groups excluding carboxylic acids is 1. The molecule has 0 bridgehead atoms. The lowest BCUT2D eigenvalue weighted by atomic mass is 9.89. The van der Waals surface area contributed by atoms with Crippen molar-refractivity contribution in [1.29, 1.82) is 0 Å². The minimum Gasteiger partial charge on any atom is -0.384 e. The van der Waals surface area contributed by atoms with Crippen LogP contribution in [-0.4, -0.2) is 79.3 Å². The Morgan fingerprint density at radius 3 is 2.50 bits per heavy atom. The predicted octanol–water partition coefficient (Wildman–Crippen LogP) is 3.61. The van der Waals surface area contributed by atoms with E-state index in [0.717, 1.165) is 31.6 Å². The standard InChI is InChI=1S/C31H38N8O3/c1-6-16-39-29(41)26-27(23-8-7-9-24(33-23)31(2,3)42)34-30(35-28(26)36-39)32-22-12-10-20(11-13-22)21-14-17-38(18-15-21)19-25(40)37(4)5/h6-13,21,42H,1,14-19H2,2-5H3,(H2,32,34,35,36). The van der Waals surface area contributed by atoms with E-state index < -0.39 is 5.60 Å². The molecule has 0 aliphatic carbocycles. The number of aliphatic hydroxyl groups is 1. The molecule has 11 heteroatoms. The van der Waals surface area contributed by atoms with Gasteiger partial charge in [-0.2, -0.15) is 4.98 Å². The van der Waals surface area contributed by atoms with Crippen LogP contribution in [0.15, 0.2) is 59.9 Å². The molecule has 4 heterocycles. The fraction of sp³-hybridized carbons (Fsp3) is 0.387. The van der Waals surface area contributed by atoms with E-state index in [2.05, 4.69) is 44.0 Å². The lowest BCUT2D eigenvalue weighted by molar-refractivity contribution is -0.130. The molecular weight excluding hydrogens is 532 g/mol. The molecule has 11 nitrogen and oxygen atoms in total. The summed E-state index contributed by atoms with van der Waals surface area (Å²) < 4.78 is 1.43. The van der Waals surface area contributed by atoms with Crippen LogP contribution in [0.4, 0.5) is 11.6 Å². The van der Waals surface area contributed by atoms with Crippen molar-refractivity contribution in [3.63, 3.8) is 0 Å². The summed E-state index contributed by atoms with van der Waals surface area (Å²) in [4.78, 5) is 43.1. The van der Waals surface area contributed by atoms with E-state index in [0.29, 0.717) is 53.1 Å². The van der Waals surface area contributed by atoms with Crippen LogP contribution in [-0.2, 0) is 16.9 Å². The van der Waals surface area contributed by atoms with Crippen molar-refractivity contribution < 1.29 is 9.90 Å². The monoisotopic (exact) mass is 570 g/mol. The van der Waals surface area contributed by atoms with Crippen LogP contribution in [0, 0.1) is 0 Å². The summed E-state index contributed by atoms with van der Waals surface area (Å²) in [6, 6.07) is 13.5. The smallest absolute Gasteiger partial charge is 0.278 e. The number of benzene rings is 1. The van der Waals surface area contributed by atoms with E-state index in [-0.39, 0.29) is 11.5 Å². The zero-order valence-electron chi connectivity index (χ0n) is 24.6. The molecule has 0 unspecified atom stereocenters. The molecule has 1 fully saturated rings. The Kier molecular flexibility index (Phi) is 8.24. The molecule has 1 saturated heterocycles. The van der Waals surface area contributed by atoms with Crippen LogP contribution >= 0.6 is 0 Å². The number of piperidine rings is 1. The van der Waals surface area contributed by atoms with Crippen molar-refractivity contribution >= 4 is 28.6 Å². The summed E-state index contributed by atoms with van der Waals surface area (Å²) in [7, 11) is 3.58. The van der Waals surface area contributed by atoms with Crippen LogP contribution in [0.3, 0.4) is 0 Å². The third-order valence-corrected chi connectivity index (χ3v) is 7.62. The number of rotatable bonds is 9.